The quantitative estimate of drug-likeness (QED) is 0.675. The second-order valence-corrected chi connectivity index (χ2v) is 6.69. The highest BCUT2D eigenvalue weighted by Gasteiger charge is 2.18. The zero-order chi connectivity index (χ0) is 19.2. The zero-order valence-corrected chi connectivity index (χ0v) is 15.7. The van der Waals surface area contributed by atoms with Crippen LogP contribution in [0.2, 0.25) is 0 Å². The first-order valence-electron chi connectivity index (χ1n) is 9.20. The van der Waals surface area contributed by atoms with E-state index in [-0.39, 0.29) is 17.9 Å². The van der Waals surface area contributed by atoms with E-state index in [4.69, 9.17) is 0 Å². The van der Waals surface area contributed by atoms with Crippen molar-refractivity contribution < 1.29 is 9.59 Å². The molecule has 0 aliphatic heterocycles. The van der Waals surface area contributed by atoms with Crippen molar-refractivity contribution in [3.8, 4) is 0 Å². The Hall–Kier alpha value is -3.08. The van der Waals surface area contributed by atoms with Gasteiger partial charge in [0.2, 0.25) is 11.8 Å². The molecule has 1 heterocycles. The summed E-state index contributed by atoms with van der Waals surface area (Å²) in [5.74, 6) is -0.0483. The number of hydrogen-bond acceptors (Lipinski definition) is 2. The van der Waals surface area contributed by atoms with E-state index in [2.05, 4.69) is 10.3 Å². The summed E-state index contributed by atoms with van der Waals surface area (Å²) < 4.78 is 0. The van der Waals surface area contributed by atoms with Gasteiger partial charge in [0.15, 0.2) is 0 Å². The van der Waals surface area contributed by atoms with E-state index in [0.717, 1.165) is 22.0 Å². The molecule has 2 aromatic carbocycles. The Kier molecular flexibility index (Phi) is 5.91. The largest absolute Gasteiger partial charge is 0.361 e. The minimum Gasteiger partial charge on any atom is -0.361 e. The zero-order valence-electron chi connectivity index (χ0n) is 15.7. The molecule has 0 aliphatic carbocycles. The topological polar surface area (TPSA) is 65.2 Å². The van der Waals surface area contributed by atoms with Crippen LogP contribution in [-0.2, 0) is 16.0 Å². The predicted molar refractivity (Wildman–Crippen MR) is 107 cm³/mol. The molecule has 140 valence electrons. The smallest absolute Gasteiger partial charge is 0.224 e. The number of carbonyl (C=O) groups is 2. The standard InChI is InChI=1S/C22H25N3O2/c1-16(18-8-4-3-5-9-18)25(17(2)26)13-12-23-22(27)14-19-15-24-21-11-7-6-10-20(19)21/h3-11,15-16,24H,12-14H2,1-2H3,(H,23,27). The number of rotatable bonds is 7. The molecule has 0 bridgehead atoms. The Morgan fingerprint density at radius 1 is 1.07 bits per heavy atom. The van der Waals surface area contributed by atoms with Crippen molar-refractivity contribution in [3.63, 3.8) is 0 Å². The van der Waals surface area contributed by atoms with Crippen LogP contribution in [0.15, 0.2) is 60.8 Å². The van der Waals surface area contributed by atoms with E-state index in [0.29, 0.717) is 19.5 Å². The van der Waals surface area contributed by atoms with E-state index in [1.165, 1.54) is 0 Å². The number of H-pyrrole nitrogens is 1. The normalized spacial score (nSPS) is 11.9. The average molecular weight is 363 g/mol. The number of para-hydroxylation sites is 1. The van der Waals surface area contributed by atoms with E-state index >= 15 is 0 Å². The molecule has 2 amide bonds. The molecule has 0 radical (unpaired) electrons. The number of nitrogens with one attached hydrogen (secondary N) is 2. The number of aromatic amines is 1. The molecular weight excluding hydrogens is 338 g/mol. The minimum absolute atomic E-state index is 0.00256. The third-order valence-corrected chi connectivity index (χ3v) is 4.85. The molecule has 1 aromatic heterocycles. The van der Waals surface area contributed by atoms with Gasteiger partial charge in [-0.1, -0.05) is 48.5 Å². The number of hydrogen-bond donors (Lipinski definition) is 2. The SMILES string of the molecule is CC(=O)N(CCNC(=O)Cc1c[nH]c2ccccc12)C(C)c1ccccc1. The molecule has 0 saturated carbocycles. The minimum atomic E-state index is -0.0457. The van der Waals surface area contributed by atoms with Crippen LogP contribution >= 0.6 is 0 Å². The highest BCUT2D eigenvalue weighted by molar-refractivity contribution is 5.88. The maximum atomic E-state index is 12.3. The summed E-state index contributed by atoms with van der Waals surface area (Å²) in [6, 6.07) is 17.8. The lowest BCUT2D eigenvalue weighted by Gasteiger charge is -2.28. The number of benzene rings is 2. The van der Waals surface area contributed by atoms with Crippen molar-refractivity contribution in [1.82, 2.24) is 15.2 Å². The van der Waals surface area contributed by atoms with Gasteiger partial charge in [-0.2, -0.15) is 0 Å². The van der Waals surface area contributed by atoms with Crippen LogP contribution in [-0.4, -0.2) is 34.8 Å². The van der Waals surface area contributed by atoms with E-state index in [1.54, 1.807) is 11.8 Å². The first kappa shape index (κ1) is 18.7. The van der Waals surface area contributed by atoms with E-state index in [1.807, 2.05) is 67.7 Å². The van der Waals surface area contributed by atoms with Crippen LogP contribution in [0.3, 0.4) is 0 Å². The maximum Gasteiger partial charge on any atom is 0.224 e. The van der Waals surface area contributed by atoms with E-state index in [9.17, 15) is 9.59 Å². The second-order valence-electron chi connectivity index (χ2n) is 6.69. The van der Waals surface area contributed by atoms with Gasteiger partial charge in [0, 0.05) is 37.1 Å². The predicted octanol–water partition coefficient (Wildman–Crippen LogP) is 3.44. The summed E-state index contributed by atoms with van der Waals surface area (Å²) in [6.07, 6.45) is 2.20. The molecule has 0 aliphatic rings. The Morgan fingerprint density at radius 2 is 1.78 bits per heavy atom. The first-order valence-corrected chi connectivity index (χ1v) is 9.20. The van der Waals surface area contributed by atoms with Gasteiger partial charge in [-0.15, -0.1) is 0 Å². The van der Waals surface area contributed by atoms with Gasteiger partial charge in [0.25, 0.3) is 0 Å². The van der Waals surface area contributed by atoms with Gasteiger partial charge in [-0.3, -0.25) is 9.59 Å². The number of carbonyl (C=O) groups excluding carboxylic acids is 2. The molecule has 0 fully saturated rings. The fourth-order valence-corrected chi connectivity index (χ4v) is 3.36. The molecule has 1 atom stereocenters. The van der Waals surface area contributed by atoms with Crippen molar-refractivity contribution >= 4 is 22.7 Å². The molecular formula is C22H25N3O2. The highest BCUT2D eigenvalue weighted by atomic mass is 16.2. The van der Waals surface area contributed by atoms with Gasteiger partial charge in [-0.25, -0.2) is 0 Å². The summed E-state index contributed by atoms with van der Waals surface area (Å²) >= 11 is 0. The van der Waals surface area contributed by atoms with Gasteiger partial charge in [0.1, 0.15) is 0 Å². The van der Waals surface area contributed by atoms with Crippen LogP contribution in [0.4, 0.5) is 0 Å². The Labute approximate surface area is 159 Å². The highest BCUT2D eigenvalue weighted by Crippen LogP contribution is 2.20. The summed E-state index contributed by atoms with van der Waals surface area (Å²) in [5.41, 5.74) is 3.08. The molecule has 3 rings (SSSR count). The Bertz CT molecular complexity index is 917. The van der Waals surface area contributed by atoms with Crippen LogP contribution in [0.5, 0.6) is 0 Å². The number of aromatic nitrogens is 1. The van der Waals surface area contributed by atoms with E-state index < -0.39 is 0 Å². The summed E-state index contributed by atoms with van der Waals surface area (Å²) in [7, 11) is 0. The summed E-state index contributed by atoms with van der Waals surface area (Å²) in [5, 5.41) is 4.00. The maximum absolute atomic E-state index is 12.3. The lowest BCUT2D eigenvalue weighted by molar-refractivity contribution is -0.131. The average Bonchev–Trinajstić information content (AvgIpc) is 3.08. The first-order chi connectivity index (χ1) is 13.1. The second kappa shape index (κ2) is 8.54. The fraction of sp³-hybridized carbons (Fsp3) is 0.273. The lowest BCUT2D eigenvalue weighted by atomic mass is 10.1. The summed E-state index contributed by atoms with van der Waals surface area (Å²) in [6.45, 7) is 4.47. The van der Waals surface area contributed by atoms with Gasteiger partial charge < -0.3 is 15.2 Å². The fourth-order valence-electron chi connectivity index (χ4n) is 3.36. The van der Waals surface area contributed by atoms with Crippen molar-refractivity contribution in [2.75, 3.05) is 13.1 Å². The van der Waals surface area contributed by atoms with Crippen LogP contribution < -0.4 is 5.32 Å². The molecule has 27 heavy (non-hydrogen) atoms. The third-order valence-electron chi connectivity index (χ3n) is 4.85. The van der Waals surface area contributed by atoms with Gasteiger partial charge in [-0.05, 0) is 24.1 Å². The molecule has 3 aromatic rings. The number of amides is 2. The Balaban J connectivity index is 1.55. The lowest BCUT2D eigenvalue weighted by Crippen LogP contribution is -2.39. The molecule has 2 N–H and O–H groups in total. The van der Waals surface area contributed by atoms with Gasteiger partial charge >= 0.3 is 0 Å². The molecule has 5 nitrogen and oxygen atoms in total. The van der Waals surface area contributed by atoms with Crippen LogP contribution in [0, 0.1) is 0 Å². The van der Waals surface area contributed by atoms with Gasteiger partial charge in [0.05, 0.1) is 12.5 Å². The molecule has 1 unspecified atom stereocenters. The van der Waals surface area contributed by atoms with Crippen LogP contribution in [0.25, 0.3) is 10.9 Å². The van der Waals surface area contributed by atoms with Crippen molar-refractivity contribution in [2.24, 2.45) is 0 Å². The van der Waals surface area contributed by atoms with Crippen molar-refractivity contribution in [3.05, 3.63) is 71.9 Å². The van der Waals surface area contributed by atoms with Crippen LogP contribution in [0.1, 0.15) is 31.0 Å². The summed E-state index contributed by atoms with van der Waals surface area (Å²) in [4.78, 5) is 29.3. The molecule has 0 saturated heterocycles. The Morgan fingerprint density at radius 3 is 2.52 bits per heavy atom. The van der Waals surface area contributed by atoms with Crippen molar-refractivity contribution in [2.45, 2.75) is 26.3 Å². The number of fused-ring (bicyclic) bond motifs is 1. The van der Waals surface area contributed by atoms with Crippen molar-refractivity contribution in [1.29, 1.82) is 0 Å². The monoisotopic (exact) mass is 363 g/mol. The molecule has 0 spiro atoms. The third kappa shape index (κ3) is 4.56. The number of nitrogens with zero attached hydrogens (tertiary/aromatic N) is 1. The molecule has 5 heteroatoms.